The molecule has 0 atom stereocenters. The highest BCUT2D eigenvalue weighted by Gasteiger charge is 2.49. The second-order valence-corrected chi connectivity index (χ2v) is 28.9. The lowest BCUT2D eigenvalue weighted by molar-refractivity contribution is 0.467. The minimum atomic E-state index is -0.246. The van der Waals surface area contributed by atoms with Gasteiger partial charge in [-0.05, 0) is 153 Å². The lowest BCUT2D eigenvalue weighted by atomic mass is 9.30. The van der Waals surface area contributed by atoms with Gasteiger partial charge in [0.05, 0.1) is 11.3 Å². The molecule has 0 fully saturated rings. The minimum Gasteiger partial charge on any atom is -0.458 e. The summed E-state index contributed by atoms with van der Waals surface area (Å²) in [7, 11) is 0. The Bertz CT molecular complexity index is 4530. The quantitative estimate of drug-likeness (QED) is 0.155. The lowest BCUT2D eigenvalue weighted by Crippen LogP contribution is -2.63. The Morgan fingerprint density at radius 1 is 0.295 bits per heavy atom. The van der Waals surface area contributed by atoms with Crippen LogP contribution in [0, 0.1) is 0 Å². The maximum absolute atomic E-state index is 7.93. The first kappa shape index (κ1) is 55.3. The monoisotopic (exact) mass is 1140 g/mol. The number of para-hydroxylation sites is 1. The molecule has 0 spiro atoms. The Balaban J connectivity index is 1.06. The fourth-order valence-electron chi connectivity index (χ4n) is 14.2. The highest BCUT2D eigenvalue weighted by Crippen LogP contribution is 2.53. The highest BCUT2D eigenvalue weighted by molar-refractivity contribution is 7.02. The first-order valence-corrected chi connectivity index (χ1v) is 31.5. The zero-order valence-electron chi connectivity index (χ0n) is 52.8. The topological polar surface area (TPSA) is 24.9 Å². The predicted molar refractivity (Wildman–Crippen MR) is 375 cm³/mol. The predicted octanol–water partition coefficient (Wildman–Crippen LogP) is 18.4. The summed E-state index contributed by atoms with van der Waals surface area (Å²) in [6.45, 7) is 27.4. The summed E-state index contributed by atoms with van der Waals surface area (Å²) in [6.07, 6.45) is 0. The van der Waals surface area contributed by atoms with Crippen LogP contribution in [0.4, 0.5) is 34.1 Å². The molecule has 0 bridgehead atoms. The minimum absolute atomic E-state index is 0.000241. The van der Waals surface area contributed by atoms with E-state index >= 15 is 0 Å². The molecule has 0 N–H and O–H groups in total. The molecule has 0 saturated heterocycles. The van der Waals surface area contributed by atoms with E-state index < -0.39 is 0 Å². The van der Waals surface area contributed by atoms with E-state index in [9.17, 15) is 0 Å². The van der Waals surface area contributed by atoms with E-state index in [0.29, 0.717) is 0 Å². The van der Waals surface area contributed by atoms with Crippen LogP contribution in [0.5, 0.6) is 23.0 Å². The number of rotatable bonds is 6. The van der Waals surface area contributed by atoms with Crippen molar-refractivity contribution in [2.45, 2.75) is 105 Å². The molecule has 0 unspecified atom stereocenters. The summed E-state index contributed by atoms with van der Waals surface area (Å²) in [6, 6.07) is 86.4. The van der Waals surface area contributed by atoms with Crippen molar-refractivity contribution in [3.8, 4) is 67.5 Å². The normalized spacial score (nSPS) is 13.8. The Morgan fingerprint density at radius 2 is 0.705 bits per heavy atom. The van der Waals surface area contributed by atoms with Gasteiger partial charge in [0, 0.05) is 39.6 Å². The van der Waals surface area contributed by atoms with Gasteiger partial charge in [-0.1, -0.05) is 265 Å². The molecule has 4 heterocycles. The molecule has 430 valence electrons. The number of fused-ring (bicyclic) bond motifs is 8. The van der Waals surface area contributed by atoms with Crippen molar-refractivity contribution < 1.29 is 9.47 Å². The molecule has 11 aromatic rings. The van der Waals surface area contributed by atoms with Crippen LogP contribution in [-0.2, 0) is 21.7 Å². The molecule has 0 aliphatic carbocycles. The largest absolute Gasteiger partial charge is 0.458 e. The number of ether oxygens (including phenoxy) is 2. The second kappa shape index (κ2) is 20.2. The molecular formula is C82H74B2N2O2. The maximum Gasteiger partial charge on any atom is 0.256 e. The number of hydrogen-bond donors (Lipinski definition) is 0. The van der Waals surface area contributed by atoms with Gasteiger partial charge in [-0.25, -0.2) is 0 Å². The van der Waals surface area contributed by atoms with Gasteiger partial charge in [0.1, 0.15) is 23.0 Å². The fourth-order valence-corrected chi connectivity index (χ4v) is 14.2. The van der Waals surface area contributed by atoms with E-state index in [1.807, 2.05) is 0 Å². The average Bonchev–Trinajstić information content (AvgIpc) is 0.698. The van der Waals surface area contributed by atoms with Crippen molar-refractivity contribution in [3.63, 3.8) is 0 Å². The summed E-state index contributed by atoms with van der Waals surface area (Å²) in [5.74, 6) is 3.37. The van der Waals surface area contributed by atoms with Gasteiger partial charge in [0.25, 0.3) is 13.4 Å². The Hall–Kier alpha value is -9.25. The van der Waals surface area contributed by atoms with E-state index in [4.69, 9.17) is 9.47 Å². The van der Waals surface area contributed by atoms with Crippen LogP contribution in [0.1, 0.15) is 105 Å². The third-order valence-corrected chi connectivity index (χ3v) is 19.0. The van der Waals surface area contributed by atoms with Crippen molar-refractivity contribution in [2.24, 2.45) is 0 Å². The SMILES string of the molecule is CC(C)(C)c1ccc(N2c3cc(C(C)(C)C)ccc3B3c4cc5c(c(-c6ccccc6)c4Oc4cc(C(C)(C)C)cc2c43)Oc2cc(-c3ccccc3)cc3c2B5c2ccc(C(C)(C)C)cc2N3c2c(-c3ccccc3)cccc2-c2ccccc2)cc1. The summed E-state index contributed by atoms with van der Waals surface area (Å²) in [5.41, 5.74) is 27.3. The number of anilines is 6. The van der Waals surface area contributed by atoms with E-state index in [0.717, 1.165) is 112 Å². The number of benzene rings is 11. The standard InChI is InChI=1S/C82H74B2N2O2/c1-79(2,3)56-36-40-60(41-37-56)85-67-46-57(80(4,5)6)38-42-63(67)83-66-50-65-77(73(54-32-23-16-24-33-54)78(66)88-72-49-59(82(10,11)12)48-70(85)75(72)83)87-71-45-55(51-26-17-13-18-27-51)44-69-74(71)84(65)64-43-39-58(81(7,8)9)47-68(64)86(69)76-61(52-28-19-14-20-29-52)34-25-35-62(76)53-30-21-15-22-31-53/h13-50H,1-12H3. The average molecular weight is 1140 g/mol. The van der Waals surface area contributed by atoms with Crippen LogP contribution < -0.4 is 52.1 Å². The van der Waals surface area contributed by atoms with Crippen LogP contribution in [0.15, 0.2) is 231 Å². The Labute approximate surface area is 521 Å². The number of nitrogens with zero attached hydrogens (tertiary/aromatic N) is 2. The van der Waals surface area contributed by atoms with Crippen LogP contribution in [0.3, 0.4) is 0 Å². The van der Waals surface area contributed by atoms with Gasteiger partial charge in [0.2, 0.25) is 0 Å². The summed E-state index contributed by atoms with van der Waals surface area (Å²) in [4.78, 5) is 5.14. The van der Waals surface area contributed by atoms with Crippen LogP contribution in [0.25, 0.3) is 44.5 Å². The van der Waals surface area contributed by atoms with Crippen molar-refractivity contribution in [2.75, 3.05) is 9.80 Å². The maximum atomic E-state index is 7.93. The second-order valence-electron chi connectivity index (χ2n) is 28.9. The summed E-state index contributed by atoms with van der Waals surface area (Å²) in [5, 5.41) is 0. The van der Waals surface area contributed by atoms with Gasteiger partial charge < -0.3 is 19.3 Å². The molecule has 0 aromatic heterocycles. The third-order valence-electron chi connectivity index (χ3n) is 19.0. The van der Waals surface area contributed by atoms with Gasteiger partial charge in [-0.15, -0.1) is 0 Å². The van der Waals surface area contributed by atoms with Gasteiger partial charge in [-0.3, -0.25) is 0 Å². The third kappa shape index (κ3) is 9.04. The van der Waals surface area contributed by atoms with Crippen molar-refractivity contribution in [1.82, 2.24) is 0 Å². The number of hydrogen-bond acceptors (Lipinski definition) is 4. The van der Waals surface area contributed by atoms with E-state index in [2.05, 4.69) is 323 Å². The molecule has 4 aliphatic heterocycles. The van der Waals surface area contributed by atoms with E-state index in [1.165, 1.54) is 44.3 Å². The van der Waals surface area contributed by atoms with Gasteiger partial charge >= 0.3 is 0 Å². The molecule has 6 heteroatoms. The summed E-state index contributed by atoms with van der Waals surface area (Å²) >= 11 is 0. The van der Waals surface area contributed by atoms with E-state index in [-0.39, 0.29) is 35.1 Å². The first-order valence-electron chi connectivity index (χ1n) is 31.5. The van der Waals surface area contributed by atoms with E-state index in [1.54, 1.807) is 0 Å². The zero-order valence-corrected chi connectivity index (χ0v) is 52.8. The Kier molecular flexibility index (Phi) is 12.7. The molecule has 88 heavy (non-hydrogen) atoms. The van der Waals surface area contributed by atoms with Gasteiger partial charge in [0.15, 0.2) is 0 Å². The lowest BCUT2D eigenvalue weighted by Gasteiger charge is -2.44. The van der Waals surface area contributed by atoms with Crippen molar-refractivity contribution in [1.29, 1.82) is 0 Å². The van der Waals surface area contributed by atoms with Crippen LogP contribution >= 0.6 is 0 Å². The molecule has 4 aliphatic rings. The molecular weight excluding hydrogens is 1070 g/mol. The molecule has 0 radical (unpaired) electrons. The highest BCUT2D eigenvalue weighted by atomic mass is 16.5. The molecule has 11 aromatic carbocycles. The smallest absolute Gasteiger partial charge is 0.256 e. The fraction of sp³-hybridized carbons (Fsp3) is 0.195. The van der Waals surface area contributed by atoms with Crippen molar-refractivity contribution in [3.05, 3.63) is 253 Å². The molecule has 15 rings (SSSR count). The van der Waals surface area contributed by atoms with Crippen LogP contribution in [0.2, 0.25) is 0 Å². The summed E-state index contributed by atoms with van der Waals surface area (Å²) < 4.78 is 15.8. The van der Waals surface area contributed by atoms with Gasteiger partial charge in [-0.2, -0.15) is 0 Å². The molecule has 4 nitrogen and oxygen atoms in total. The van der Waals surface area contributed by atoms with Crippen LogP contribution in [-0.4, -0.2) is 13.4 Å². The molecule has 0 amide bonds. The molecule has 0 saturated carbocycles. The Morgan fingerprint density at radius 3 is 1.18 bits per heavy atom. The van der Waals surface area contributed by atoms with Crippen molar-refractivity contribution >= 4 is 80.3 Å². The first-order chi connectivity index (χ1) is 42.2. The zero-order chi connectivity index (χ0) is 60.8.